The fourth-order valence-corrected chi connectivity index (χ4v) is 1.31. The second-order valence-corrected chi connectivity index (χ2v) is 4.24. The van der Waals surface area contributed by atoms with Gasteiger partial charge in [-0.25, -0.2) is 10.1 Å². The zero-order valence-electron chi connectivity index (χ0n) is 10.8. The number of hydrazine groups is 1. The Morgan fingerprint density at radius 1 is 1.35 bits per heavy atom. The molecule has 0 amide bonds. The number of aliphatic hydroxyl groups excluding tert-OH is 1. The largest absolute Gasteiger partial charge is 0.394 e. The van der Waals surface area contributed by atoms with Gasteiger partial charge >= 0.3 is 0 Å². The van der Waals surface area contributed by atoms with Crippen LogP contribution >= 0.6 is 0 Å². The van der Waals surface area contributed by atoms with Crippen LogP contribution in [-0.2, 0) is 0 Å². The molecule has 0 aliphatic heterocycles. The summed E-state index contributed by atoms with van der Waals surface area (Å²) in [5.74, 6) is 0. The lowest BCUT2D eigenvalue weighted by molar-refractivity contribution is -0.653. The van der Waals surface area contributed by atoms with Crippen molar-refractivity contribution in [3.05, 3.63) is 33.4 Å². The van der Waals surface area contributed by atoms with E-state index in [1.54, 1.807) is 0 Å². The monoisotopic (exact) mass is 242 g/mol. The minimum Gasteiger partial charge on any atom is -0.394 e. The topological polar surface area (TPSA) is 66.6 Å². The summed E-state index contributed by atoms with van der Waals surface area (Å²) < 4.78 is 0. The van der Waals surface area contributed by atoms with Gasteiger partial charge in [-0.1, -0.05) is 23.3 Å². The van der Waals surface area contributed by atoms with Crippen molar-refractivity contribution in [2.75, 3.05) is 19.7 Å². The molecule has 0 spiro atoms. The Labute approximate surface area is 103 Å². The van der Waals surface area contributed by atoms with Gasteiger partial charge in [0.1, 0.15) is 6.54 Å². The van der Waals surface area contributed by atoms with Crippen molar-refractivity contribution in [3.63, 3.8) is 0 Å². The van der Waals surface area contributed by atoms with Crippen molar-refractivity contribution in [1.82, 2.24) is 5.01 Å². The van der Waals surface area contributed by atoms with Crippen LogP contribution in [-0.4, -0.2) is 34.8 Å². The maximum absolute atomic E-state index is 10.6. The van der Waals surface area contributed by atoms with Crippen molar-refractivity contribution in [3.8, 4) is 0 Å². The van der Waals surface area contributed by atoms with Crippen LogP contribution in [0.2, 0.25) is 0 Å². The lowest BCUT2D eigenvalue weighted by Crippen LogP contribution is -2.32. The fraction of sp³-hybridized carbons (Fsp3) is 0.667. The van der Waals surface area contributed by atoms with E-state index in [9.17, 15) is 10.1 Å². The highest BCUT2D eigenvalue weighted by molar-refractivity contribution is 5.02. The summed E-state index contributed by atoms with van der Waals surface area (Å²) in [5, 5.41) is 19.8. The molecule has 1 N–H and O–H groups in total. The highest BCUT2D eigenvalue weighted by Crippen LogP contribution is 2.06. The number of nitrogens with zero attached hydrogens (tertiary/aromatic N) is 2. The lowest BCUT2D eigenvalue weighted by atomic mass is 10.1. The second-order valence-electron chi connectivity index (χ2n) is 4.24. The van der Waals surface area contributed by atoms with E-state index < -0.39 is 5.03 Å². The third-order valence-corrected chi connectivity index (χ3v) is 2.33. The average molecular weight is 242 g/mol. The lowest BCUT2D eigenvalue weighted by Gasteiger charge is -2.10. The van der Waals surface area contributed by atoms with E-state index in [0.717, 1.165) is 23.4 Å². The Morgan fingerprint density at radius 2 is 2.00 bits per heavy atom. The molecule has 0 radical (unpaired) electrons. The van der Waals surface area contributed by atoms with Crippen LogP contribution in [0.1, 0.15) is 33.6 Å². The smallest absolute Gasteiger partial charge is 0.160 e. The zero-order valence-corrected chi connectivity index (χ0v) is 10.8. The molecule has 0 rings (SSSR count). The van der Waals surface area contributed by atoms with E-state index in [4.69, 9.17) is 5.11 Å². The van der Waals surface area contributed by atoms with Gasteiger partial charge in [-0.2, -0.15) is 0 Å². The molecule has 0 saturated carbocycles. The summed E-state index contributed by atoms with van der Waals surface area (Å²) in [5.41, 5.74) is 2.41. The van der Waals surface area contributed by atoms with Crippen molar-refractivity contribution in [1.29, 1.82) is 0 Å². The predicted molar refractivity (Wildman–Crippen MR) is 68.1 cm³/mol. The zero-order chi connectivity index (χ0) is 13.3. The molecular weight excluding hydrogens is 220 g/mol. The molecule has 0 heterocycles. The quantitative estimate of drug-likeness (QED) is 0.402. The first-order valence-corrected chi connectivity index (χ1v) is 5.76. The maximum atomic E-state index is 10.6. The Morgan fingerprint density at radius 3 is 2.47 bits per heavy atom. The van der Waals surface area contributed by atoms with Gasteiger partial charge in [0.25, 0.3) is 0 Å². The normalized spacial score (nSPS) is 11.2. The predicted octanol–water partition coefficient (Wildman–Crippen LogP) is 2.17. The number of hydrogen-bond donors (Lipinski definition) is 1. The highest BCUT2D eigenvalue weighted by atomic mass is 16.7. The molecule has 0 bridgehead atoms. The molecule has 0 aromatic carbocycles. The first kappa shape index (κ1) is 15.6. The molecule has 0 aromatic heterocycles. The highest BCUT2D eigenvalue weighted by Gasteiger charge is 2.10. The summed E-state index contributed by atoms with van der Waals surface area (Å²) in [6.07, 6.45) is 5.87. The van der Waals surface area contributed by atoms with Crippen LogP contribution < -0.4 is 0 Å². The summed E-state index contributed by atoms with van der Waals surface area (Å²) in [6.45, 7) is 6.17. The Hall–Kier alpha value is -1.36. The van der Waals surface area contributed by atoms with Crippen LogP contribution in [0, 0.1) is 10.1 Å². The third-order valence-electron chi connectivity index (χ3n) is 2.33. The summed E-state index contributed by atoms with van der Waals surface area (Å²) >= 11 is 0. The van der Waals surface area contributed by atoms with Crippen LogP contribution in [0.3, 0.4) is 0 Å². The Balaban J connectivity index is 4.10. The maximum Gasteiger partial charge on any atom is 0.160 e. The van der Waals surface area contributed by atoms with E-state index in [-0.39, 0.29) is 19.7 Å². The SMILES string of the molecule is CC(C)=CCC/C(C)=C/CN(CCO)[N+](=O)[O-]. The van der Waals surface area contributed by atoms with Gasteiger partial charge in [0, 0.05) is 0 Å². The molecule has 98 valence electrons. The van der Waals surface area contributed by atoms with Crippen molar-refractivity contribution in [2.45, 2.75) is 33.6 Å². The van der Waals surface area contributed by atoms with Crippen molar-refractivity contribution >= 4 is 0 Å². The van der Waals surface area contributed by atoms with Crippen molar-refractivity contribution in [2.24, 2.45) is 0 Å². The fourth-order valence-electron chi connectivity index (χ4n) is 1.31. The van der Waals surface area contributed by atoms with Gasteiger partial charge in [0.05, 0.1) is 13.2 Å². The van der Waals surface area contributed by atoms with Crippen LogP contribution in [0.4, 0.5) is 0 Å². The molecule has 0 aromatic rings. The standard InChI is InChI=1S/C12H22N2O3/c1-11(2)5-4-6-12(3)7-8-13(9-10-15)14(16)17/h5,7,15H,4,6,8-10H2,1-3H3/b12-7+. The molecule has 5 nitrogen and oxygen atoms in total. The van der Waals surface area contributed by atoms with Crippen molar-refractivity contribution < 1.29 is 10.1 Å². The molecule has 0 atom stereocenters. The average Bonchev–Trinajstić information content (AvgIpc) is 2.23. The van der Waals surface area contributed by atoms with Gasteiger partial charge in [-0.15, -0.1) is 5.01 Å². The Bertz CT molecular complexity index is 294. The molecule has 0 fully saturated rings. The molecule has 0 unspecified atom stereocenters. The van der Waals surface area contributed by atoms with Crippen LogP contribution in [0.15, 0.2) is 23.3 Å². The minimum atomic E-state index is -0.476. The number of hydrogen-bond acceptors (Lipinski definition) is 3. The number of allylic oxidation sites excluding steroid dienone is 3. The first-order valence-electron chi connectivity index (χ1n) is 5.76. The molecule has 0 aliphatic rings. The molecule has 17 heavy (non-hydrogen) atoms. The van der Waals surface area contributed by atoms with Gasteiger partial charge in [0.15, 0.2) is 5.03 Å². The first-order chi connectivity index (χ1) is 7.97. The van der Waals surface area contributed by atoms with E-state index >= 15 is 0 Å². The van der Waals surface area contributed by atoms with Crippen LogP contribution in [0.25, 0.3) is 0 Å². The molecule has 5 heteroatoms. The summed E-state index contributed by atoms with van der Waals surface area (Å²) in [7, 11) is 0. The molecule has 0 aliphatic carbocycles. The third kappa shape index (κ3) is 8.45. The van der Waals surface area contributed by atoms with Crippen LogP contribution in [0.5, 0.6) is 0 Å². The number of nitro groups is 1. The summed E-state index contributed by atoms with van der Waals surface area (Å²) in [4.78, 5) is 10.6. The molecule has 0 saturated heterocycles. The second kappa shape index (κ2) is 8.75. The van der Waals surface area contributed by atoms with E-state index in [2.05, 4.69) is 19.9 Å². The Kier molecular flexibility index (Phi) is 8.05. The number of aliphatic hydroxyl groups is 1. The minimum absolute atomic E-state index is 0.0603. The number of rotatable bonds is 8. The van der Waals surface area contributed by atoms with E-state index in [1.807, 2.05) is 13.0 Å². The molecular formula is C12H22N2O3. The summed E-state index contributed by atoms with van der Waals surface area (Å²) in [6, 6.07) is 0. The van der Waals surface area contributed by atoms with E-state index in [1.165, 1.54) is 5.57 Å². The van der Waals surface area contributed by atoms with Gasteiger partial charge in [0.2, 0.25) is 0 Å². The van der Waals surface area contributed by atoms with Gasteiger partial charge < -0.3 is 5.11 Å². The van der Waals surface area contributed by atoms with E-state index in [0.29, 0.717) is 0 Å². The van der Waals surface area contributed by atoms with Gasteiger partial charge in [-0.05, 0) is 33.6 Å². The van der Waals surface area contributed by atoms with Gasteiger partial charge in [-0.3, -0.25) is 0 Å².